The van der Waals surface area contributed by atoms with E-state index in [1.165, 1.54) is 5.56 Å². The monoisotopic (exact) mass is 382 g/mol. The Bertz CT molecular complexity index is 920. The van der Waals surface area contributed by atoms with Gasteiger partial charge in [-0.05, 0) is 18.4 Å². The number of aromatic nitrogens is 3. The van der Waals surface area contributed by atoms with E-state index in [0.717, 1.165) is 12.0 Å². The van der Waals surface area contributed by atoms with Crippen molar-refractivity contribution in [3.05, 3.63) is 47.6 Å². The van der Waals surface area contributed by atoms with Gasteiger partial charge in [-0.25, -0.2) is 0 Å². The molecule has 0 unspecified atom stereocenters. The molecule has 0 aliphatic carbocycles. The van der Waals surface area contributed by atoms with Gasteiger partial charge in [0.25, 0.3) is 0 Å². The zero-order valence-electron chi connectivity index (χ0n) is 16.8. The molecular weight excluding hydrogens is 356 g/mol. The highest BCUT2D eigenvalue weighted by molar-refractivity contribution is 5.89. The minimum absolute atomic E-state index is 0.139. The Kier molecular flexibility index (Phi) is 5.92. The summed E-state index contributed by atoms with van der Waals surface area (Å²) in [7, 11) is 0. The van der Waals surface area contributed by atoms with Crippen LogP contribution in [0, 0.1) is 0 Å². The summed E-state index contributed by atoms with van der Waals surface area (Å²) in [5.41, 5.74) is 2.75. The van der Waals surface area contributed by atoms with E-state index in [1.54, 1.807) is 6.07 Å². The lowest BCUT2D eigenvalue weighted by Crippen LogP contribution is -2.13. The normalized spacial score (nSPS) is 11.6. The van der Waals surface area contributed by atoms with Crippen molar-refractivity contribution in [2.24, 2.45) is 0 Å². The molecule has 1 N–H and O–H groups in total. The fourth-order valence-electron chi connectivity index (χ4n) is 2.64. The molecule has 0 bridgehead atoms. The third kappa shape index (κ3) is 5.06. The Morgan fingerprint density at radius 3 is 2.50 bits per heavy atom. The summed E-state index contributed by atoms with van der Waals surface area (Å²) in [6, 6.07) is 9.85. The summed E-state index contributed by atoms with van der Waals surface area (Å²) in [4.78, 5) is 16.5. The van der Waals surface area contributed by atoms with Crippen LogP contribution in [-0.2, 0) is 23.1 Å². The quantitative estimate of drug-likeness (QED) is 0.644. The number of carbonyl (C=O) groups is 1. The molecule has 0 saturated heterocycles. The fraction of sp³-hybridized carbons (Fsp3) is 0.429. The van der Waals surface area contributed by atoms with E-state index in [4.69, 9.17) is 9.05 Å². The van der Waals surface area contributed by atoms with Crippen LogP contribution in [0.25, 0.3) is 11.3 Å². The Hall–Kier alpha value is -2.96. The van der Waals surface area contributed by atoms with Crippen LogP contribution in [0.1, 0.15) is 57.8 Å². The van der Waals surface area contributed by atoms with Gasteiger partial charge in [0.15, 0.2) is 5.82 Å². The third-order valence-electron chi connectivity index (χ3n) is 4.36. The third-order valence-corrected chi connectivity index (χ3v) is 4.36. The van der Waals surface area contributed by atoms with E-state index in [9.17, 15) is 4.79 Å². The van der Waals surface area contributed by atoms with Crippen molar-refractivity contribution in [3.8, 4) is 11.3 Å². The molecule has 1 amide bonds. The Morgan fingerprint density at radius 1 is 1.11 bits per heavy atom. The highest BCUT2D eigenvalue weighted by Gasteiger charge is 2.20. The van der Waals surface area contributed by atoms with E-state index in [2.05, 4.69) is 39.7 Å². The maximum absolute atomic E-state index is 12.1. The summed E-state index contributed by atoms with van der Waals surface area (Å²) in [6.45, 7) is 8.19. The second-order valence-corrected chi connectivity index (χ2v) is 7.79. The predicted molar refractivity (Wildman–Crippen MR) is 106 cm³/mol. The summed E-state index contributed by atoms with van der Waals surface area (Å²) in [6.07, 6.45) is 2.48. The van der Waals surface area contributed by atoms with Crippen LogP contribution in [-0.4, -0.2) is 21.2 Å². The van der Waals surface area contributed by atoms with Crippen LogP contribution in [0.4, 0.5) is 5.88 Å². The molecule has 0 spiro atoms. The van der Waals surface area contributed by atoms with Gasteiger partial charge in [0, 0.05) is 29.9 Å². The van der Waals surface area contributed by atoms with Gasteiger partial charge in [0.2, 0.25) is 17.7 Å². The summed E-state index contributed by atoms with van der Waals surface area (Å²) >= 11 is 0. The molecule has 3 aromatic rings. The van der Waals surface area contributed by atoms with E-state index in [-0.39, 0.29) is 11.3 Å². The molecule has 0 radical (unpaired) electrons. The average Bonchev–Trinajstić information content (AvgIpc) is 3.31. The van der Waals surface area contributed by atoms with E-state index >= 15 is 0 Å². The van der Waals surface area contributed by atoms with Gasteiger partial charge in [-0.2, -0.15) is 4.98 Å². The van der Waals surface area contributed by atoms with Gasteiger partial charge in [0.05, 0.1) is 0 Å². The number of amides is 1. The molecule has 2 heterocycles. The minimum atomic E-state index is -0.153. The lowest BCUT2D eigenvalue weighted by molar-refractivity contribution is -0.116. The number of rotatable bonds is 7. The standard InChI is InChI=1S/C21H26N4O3/c1-5-14-9-11-15(12-10-14)16-13-19(28-24-16)22-17(26)7-6-8-18-23-20(25-27-18)21(2,3)4/h9-13H,5-8H2,1-4H3,(H,22,26). The van der Waals surface area contributed by atoms with Crippen molar-refractivity contribution < 1.29 is 13.8 Å². The second-order valence-electron chi connectivity index (χ2n) is 7.79. The first-order valence-corrected chi connectivity index (χ1v) is 9.54. The molecule has 148 valence electrons. The Labute approximate surface area is 164 Å². The molecule has 2 aromatic heterocycles. The predicted octanol–water partition coefficient (Wildman–Crippen LogP) is 4.55. The summed E-state index contributed by atoms with van der Waals surface area (Å²) in [5.74, 6) is 1.43. The van der Waals surface area contributed by atoms with Crippen molar-refractivity contribution in [2.45, 2.75) is 58.8 Å². The lowest BCUT2D eigenvalue weighted by atomic mass is 9.96. The van der Waals surface area contributed by atoms with Crippen molar-refractivity contribution in [1.82, 2.24) is 15.3 Å². The largest absolute Gasteiger partial charge is 0.339 e. The minimum Gasteiger partial charge on any atom is -0.339 e. The smallest absolute Gasteiger partial charge is 0.231 e. The van der Waals surface area contributed by atoms with Gasteiger partial charge in [0.1, 0.15) is 5.69 Å². The highest BCUT2D eigenvalue weighted by Crippen LogP contribution is 2.23. The number of carbonyl (C=O) groups excluding carboxylic acids is 1. The van der Waals surface area contributed by atoms with Gasteiger partial charge in [-0.15, -0.1) is 0 Å². The lowest BCUT2D eigenvalue weighted by Gasteiger charge is -2.10. The molecular formula is C21H26N4O3. The molecule has 0 aliphatic heterocycles. The number of nitrogens with zero attached hydrogens (tertiary/aromatic N) is 3. The van der Waals surface area contributed by atoms with Crippen molar-refractivity contribution in [3.63, 3.8) is 0 Å². The fourth-order valence-corrected chi connectivity index (χ4v) is 2.64. The van der Waals surface area contributed by atoms with Gasteiger partial charge < -0.3 is 9.05 Å². The van der Waals surface area contributed by atoms with Crippen LogP contribution in [0.15, 0.2) is 39.4 Å². The second kappa shape index (κ2) is 8.37. The average molecular weight is 382 g/mol. The zero-order valence-corrected chi connectivity index (χ0v) is 16.8. The molecule has 7 heteroatoms. The van der Waals surface area contributed by atoms with Gasteiger partial charge >= 0.3 is 0 Å². The first-order chi connectivity index (χ1) is 13.3. The van der Waals surface area contributed by atoms with Crippen LogP contribution in [0.5, 0.6) is 0 Å². The number of aryl methyl sites for hydroxylation is 2. The van der Waals surface area contributed by atoms with Crippen LogP contribution >= 0.6 is 0 Å². The number of anilines is 1. The SMILES string of the molecule is CCc1ccc(-c2cc(NC(=O)CCCc3nc(C(C)(C)C)no3)on2)cc1. The van der Waals surface area contributed by atoms with Gasteiger partial charge in [-0.1, -0.05) is 62.3 Å². The van der Waals surface area contributed by atoms with Crippen molar-refractivity contribution in [2.75, 3.05) is 5.32 Å². The van der Waals surface area contributed by atoms with Crippen LogP contribution in [0.3, 0.4) is 0 Å². The Balaban J connectivity index is 1.48. The zero-order chi connectivity index (χ0) is 20.1. The number of hydrogen-bond donors (Lipinski definition) is 1. The molecule has 7 nitrogen and oxygen atoms in total. The Morgan fingerprint density at radius 2 is 1.86 bits per heavy atom. The maximum atomic E-state index is 12.1. The van der Waals surface area contributed by atoms with E-state index in [0.29, 0.717) is 42.6 Å². The van der Waals surface area contributed by atoms with E-state index in [1.807, 2.05) is 32.9 Å². The van der Waals surface area contributed by atoms with Crippen molar-refractivity contribution in [1.29, 1.82) is 0 Å². The maximum Gasteiger partial charge on any atom is 0.231 e. The molecule has 28 heavy (non-hydrogen) atoms. The van der Waals surface area contributed by atoms with Crippen LogP contribution < -0.4 is 5.32 Å². The molecule has 1 aromatic carbocycles. The van der Waals surface area contributed by atoms with Crippen molar-refractivity contribution >= 4 is 11.8 Å². The summed E-state index contributed by atoms with van der Waals surface area (Å²) in [5, 5.41) is 10.7. The number of hydrogen-bond acceptors (Lipinski definition) is 6. The number of benzene rings is 1. The van der Waals surface area contributed by atoms with Crippen LogP contribution in [0.2, 0.25) is 0 Å². The molecule has 0 fully saturated rings. The first kappa shape index (κ1) is 19.8. The molecule has 0 saturated carbocycles. The highest BCUT2D eigenvalue weighted by atomic mass is 16.5. The van der Waals surface area contributed by atoms with Gasteiger partial charge in [-0.3, -0.25) is 10.1 Å². The summed E-state index contributed by atoms with van der Waals surface area (Å²) < 4.78 is 10.5. The topological polar surface area (TPSA) is 94.1 Å². The molecule has 0 atom stereocenters. The first-order valence-electron chi connectivity index (χ1n) is 9.54. The molecule has 0 aliphatic rings. The van der Waals surface area contributed by atoms with E-state index < -0.39 is 0 Å². The number of nitrogens with one attached hydrogen (secondary N) is 1. The molecule has 3 rings (SSSR count).